The van der Waals surface area contributed by atoms with Crippen LogP contribution in [-0.2, 0) is 6.18 Å². The van der Waals surface area contributed by atoms with Gasteiger partial charge in [0.2, 0.25) is 0 Å². The molecule has 0 amide bonds. The number of nitrogens with zero attached hydrogens (tertiary/aromatic N) is 2. The maximum Gasteiger partial charge on any atom is 0.420 e. The number of benzene rings is 1. The van der Waals surface area contributed by atoms with Crippen molar-refractivity contribution in [3.05, 3.63) is 35.1 Å². The zero-order valence-electron chi connectivity index (χ0n) is 10.2. The molecule has 0 aliphatic heterocycles. The van der Waals surface area contributed by atoms with Crippen molar-refractivity contribution in [1.29, 1.82) is 0 Å². The number of halogens is 4. The van der Waals surface area contributed by atoms with Crippen LogP contribution >= 0.6 is 11.6 Å². The summed E-state index contributed by atoms with van der Waals surface area (Å²) in [6.07, 6.45) is -3.94. The van der Waals surface area contributed by atoms with Gasteiger partial charge in [-0.3, -0.25) is 0 Å². The Kier molecular flexibility index (Phi) is 3.71. The van der Waals surface area contributed by atoms with Crippen molar-refractivity contribution < 1.29 is 17.9 Å². The average Bonchev–Trinajstić information content (AvgIpc) is 2.37. The molecule has 1 aromatic carbocycles. The van der Waals surface area contributed by atoms with Crippen molar-refractivity contribution in [2.45, 2.75) is 6.18 Å². The van der Waals surface area contributed by atoms with Gasteiger partial charge in [-0.1, -0.05) is 11.6 Å². The van der Waals surface area contributed by atoms with Crippen molar-refractivity contribution >= 4 is 17.3 Å². The van der Waals surface area contributed by atoms with Crippen LogP contribution in [0.4, 0.5) is 18.9 Å². The van der Waals surface area contributed by atoms with Gasteiger partial charge in [-0.05, 0) is 18.2 Å². The normalized spacial score (nSPS) is 11.4. The Hall–Kier alpha value is -2.02. The highest BCUT2D eigenvalue weighted by molar-refractivity contribution is 6.30. The van der Waals surface area contributed by atoms with Crippen LogP contribution in [0.5, 0.6) is 5.75 Å². The highest BCUT2D eigenvalue weighted by Crippen LogP contribution is 2.34. The van der Waals surface area contributed by atoms with Gasteiger partial charge in [0, 0.05) is 11.8 Å². The predicted molar refractivity (Wildman–Crippen MR) is 68.4 cm³/mol. The van der Waals surface area contributed by atoms with E-state index in [-0.39, 0.29) is 5.82 Å². The van der Waals surface area contributed by atoms with Crippen LogP contribution in [0.1, 0.15) is 5.56 Å². The molecule has 0 radical (unpaired) electrons. The Labute approximate surface area is 117 Å². The Balaban J connectivity index is 2.47. The first-order valence-electron chi connectivity index (χ1n) is 5.36. The summed E-state index contributed by atoms with van der Waals surface area (Å²) >= 11 is 5.54. The number of nitrogen functional groups attached to an aromatic ring is 1. The van der Waals surface area contributed by atoms with Crippen LogP contribution in [0.2, 0.25) is 5.15 Å². The number of hydrogen-bond donors (Lipinski definition) is 1. The van der Waals surface area contributed by atoms with E-state index in [0.29, 0.717) is 23.2 Å². The summed E-state index contributed by atoms with van der Waals surface area (Å²) in [5.41, 5.74) is 5.42. The molecule has 0 fully saturated rings. The molecule has 2 aromatic rings. The van der Waals surface area contributed by atoms with E-state index >= 15 is 0 Å². The molecule has 1 heterocycles. The summed E-state index contributed by atoms with van der Waals surface area (Å²) in [5.74, 6) is 0.434. The van der Waals surface area contributed by atoms with Gasteiger partial charge >= 0.3 is 6.18 Å². The minimum absolute atomic E-state index is 0.0568. The van der Waals surface area contributed by atoms with E-state index in [1.807, 2.05) is 0 Å². The van der Waals surface area contributed by atoms with Crippen molar-refractivity contribution in [2.75, 3.05) is 12.8 Å². The first-order valence-corrected chi connectivity index (χ1v) is 5.74. The highest BCUT2D eigenvalue weighted by Gasteiger charge is 2.34. The van der Waals surface area contributed by atoms with Crippen molar-refractivity contribution in [2.24, 2.45) is 0 Å². The second-order valence-corrected chi connectivity index (χ2v) is 4.21. The molecule has 2 N–H and O–H groups in total. The zero-order chi connectivity index (χ0) is 14.9. The van der Waals surface area contributed by atoms with Crippen molar-refractivity contribution in [3.8, 4) is 17.1 Å². The molecule has 0 bridgehead atoms. The average molecular weight is 304 g/mol. The van der Waals surface area contributed by atoms with Crippen LogP contribution in [0.25, 0.3) is 11.4 Å². The van der Waals surface area contributed by atoms with E-state index in [0.717, 1.165) is 0 Å². The zero-order valence-corrected chi connectivity index (χ0v) is 11.0. The molecule has 0 aliphatic rings. The Bertz CT molecular complexity index is 646. The number of rotatable bonds is 2. The highest BCUT2D eigenvalue weighted by atomic mass is 35.5. The molecular formula is C12H9ClF3N3O. The van der Waals surface area contributed by atoms with E-state index < -0.39 is 16.9 Å². The fourth-order valence-electron chi connectivity index (χ4n) is 1.54. The molecule has 8 heteroatoms. The van der Waals surface area contributed by atoms with Gasteiger partial charge in [-0.2, -0.15) is 13.2 Å². The lowest BCUT2D eigenvalue weighted by Gasteiger charge is -2.10. The van der Waals surface area contributed by atoms with E-state index in [1.54, 1.807) is 12.1 Å². The molecule has 20 heavy (non-hydrogen) atoms. The first-order chi connectivity index (χ1) is 9.32. The van der Waals surface area contributed by atoms with Gasteiger partial charge in [-0.15, -0.1) is 0 Å². The molecule has 1 aromatic heterocycles. The third-order valence-corrected chi connectivity index (χ3v) is 2.83. The van der Waals surface area contributed by atoms with Crippen molar-refractivity contribution in [1.82, 2.24) is 9.97 Å². The molecule has 106 valence electrons. The molecule has 0 unspecified atom stereocenters. The SMILES string of the molecule is COc1cc(-c2ncc(C(F)(F)F)c(Cl)n2)ccc1N. The van der Waals surface area contributed by atoms with Crippen LogP contribution in [0.15, 0.2) is 24.4 Å². The molecule has 0 aliphatic carbocycles. The number of ether oxygens (including phenoxy) is 1. The molecule has 2 rings (SSSR count). The van der Waals surface area contributed by atoms with Crippen LogP contribution in [0.3, 0.4) is 0 Å². The van der Waals surface area contributed by atoms with E-state index in [2.05, 4.69) is 9.97 Å². The quantitative estimate of drug-likeness (QED) is 0.682. The van der Waals surface area contributed by atoms with Gasteiger partial charge < -0.3 is 10.5 Å². The van der Waals surface area contributed by atoms with Crippen LogP contribution < -0.4 is 10.5 Å². The minimum Gasteiger partial charge on any atom is -0.495 e. The molecule has 0 spiro atoms. The fraction of sp³-hybridized carbons (Fsp3) is 0.167. The number of nitrogens with two attached hydrogens (primary N) is 1. The molecular weight excluding hydrogens is 295 g/mol. The molecule has 4 nitrogen and oxygen atoms in total. The van der Waals surface area contributed by atoms with E-state index in [4.69, 9.17) is 22.1 Å². The number of anilines is 1. The number of alkyl halides is 3. The first kappa shape index (κ1) is 14.4. The Morgan fingerprint density at radius 1 is 1.30 bits per heavy atom. The topological polar surface area (TPSA) is 61.0 Å². The van der Waals surface area contributed by atoms with E-state index in [1.165, 1.54) is 13.2 Å². The summed E-state index contributed by atoms with van der Waals surface area (Å²) in [5, 5.41) is -0.654. The fourth-order valence-corrected chi connectivity index (χ4v) is 1.78. The molecule has 0 saturated heterocycles. The maximum absolute atomic E-state index is 12.6. The lowest BCUT2D eigenvalue weighted by Crippen LogP contribution is -2.08. The summed E-state index contributed by atoms with van der Waals surface area (Å²) in [6.45, 7) is 0. The number of aromatic nitrogens is 2. The van der Waals surface area contributed by atoms with Crippen LogP contribution in [0, 0.1) is 0 Å². The minimum atomic E-state index is -4.59. The molecule has 0 saturated carbocycles. The molecule has 0 atom stereocenters. The van der Waals surface area contributed by atoms with E-state index in [9.17, 15) is 13.2 Å². The van der Waals surface area contributed by atoms with Gasteiger partial charge in [-0.25, -0.2) is 9.97 Å². The Morgan fingerprint density at radius 2 is 2.00 bits per heavy atom. The third kappa shape index (κ3) is 2.77. The third-order valence-electron chi connectivity index (χ3n) is 2.54. The summed E-state index contributed by atoms with van der Waals surface area (Å²) in [7, 11) is 1.43. The maximum atomic E-state index is 12.6. The smallest absolute Gasteiger partial charge is 0.420 e. The predicted octanol–water partition coefficient (Wildman–Crippen LogP) is 3.41. The van der Waals surface area contributed by atoms with Gasteiger partial charge in [0.05, 0.1) is 12.8 Å². The number of hydrogen-bond acceptors (Lipinski definition) is 4. The van der Waals surface area contributed by atoms with Gasteiger partial charge in [0.1, 0.15) is 16.5 Å². The van der Waals surface area contributed by atoms with Crippen LogP contribution in [-0.4, -0.2) is 17.1 Å². The standard InChI is InChI=1S/C12H9ClF3N3O/c1-20-9-4-6(2-3-8(9)17)11-18-5-7(10(13)19-11)12(14,15)16/h2-5H,17H2,1H3. The monoisotopic (exact) mass is 303 g/mol. The lowest BCUT2D eigenvalue weighted by molar-refractivity contribution is -0.137. The lowest BCUT2D eigenvalue weighted by atomic mass is 10.1. The largest absolute Gasteiger partial charge is 0.495 e. The summed E-state index contributed by atoms with van der Waals surface area (Å²) < 4.78 is 42.7. The van der Waals surface area contributed by atoms with Gasteiger partial charge in [0.15, 0.2) is 5.82 Å². The second kappa shape index (κ2) is 5.16. The summed E-state index contributed by atoms with van der Waals surface area (Å²) in [4.78, 5) is 7.32. The number of methoxy groups -OCH3 is 1. The van der Waals surface area contributed by atoms with Crippen molar-refractivity contribution in [3.63, 3.8) is 0 Å². The van der Waals surface area contributed by atoms with Gasteiger partial charge in [0.25, 0.3) is 0 Å². The Morgan fingerprint density at radius 3 is 2.55 bits per heavy atom. The summed E-state index contributed by atoms with van der Waals surface area (Å²) in [6, 6.07) is 4.63. The second-order valence-electron chi connectivity index (χ2n) is 3.85.